The number of aromatic nitrogens is 3. The Balaban J connectivity index is 1.34. The van der Waals surface area contributed by atoms with Crippen LogP contribution in [0.1, 0.15) is 23.1 Å². The molecule has 2 atom stereocenters. The molecule has 1 saturated heterocycles. The van der Waals surface area contributed by atoms with Crippen molar-refractivity contribution in [3.63, 3.8) is 0 Å². The molecular weight excluding hydrogens is 515 g/mol. The molecule has 0 unspecified atom stereocenters. The smallest absolute Gasteiger partial charge is 0.223 e. The summed E-state index contributed by atoms with van der Waals surface area (Å²) in [5, 5.41) is 6.19. The normalized spacial score (nSPS) is 18.0. The first-order valence-corrected chi connectivity index (χ1v) is 14.0. The predicted molar refractivity (Wildman–Crippen MR) is 140 cm³/mol. The van der Waals surface area contributed by atoms with Crippen molar-refractivity contribution in [1.82, 2.24) is 20.3 Å². The Morgan fingerprint density at radius 3 is 2.55 bits per heavy atom. The molecule has 2 aromatic carbocycles. The van der Waals surface area contributed by atoms with Crippen molar-refractivity contribution in [3.8, 4) is 11.3 Å². The molecule has 0 amide bonds. The number of hydrogen-bond acceptors (Lipinski definition) is 7. The van der Waals surface area contributed by atoms with Gasteiger partial charge in [0, 0.05) is 36.7 Å². The maximum absolute atomic E-state index is 15.0. The number of nitrogens with one attached hydrogen (secondary N) is 2. The van der Waals surface area contributed by atoms with Gasteiger partial charge in [0.05, 0.1) is 28.9 Å². The van der Waals surface area contributed by atoms with Crippen molar-refractivity contribution in [2.24, 2.45) is 0 Å². The van der Waals surface area contributed by atoms with Gasteiger partial charge in [-0.1, -0.05) is 24.3 Å². The lowest BCUT2D eigenvalue weighted by Crippen LogP contribution is -2.44. The summed E-state index contributed by atoms with van der Waals surface area (Å²) < 4.78 is 67.0. The molecule has 11 heteroatoms. The Kier molecular flexibility index (Phi) is 7.31. The number of nitrogens with zero attached hydrogens (tertiary/aromatic N) is 3. The van der Waals surface area contributed by atoms with E-state index in [1.54, 1.807) is 18.3 Å². The molecule has 7 nitrogen and oxygen atoms in total. The molecule has 0 bridgehead atoms. The molecule has 1 aliphatic rings. The second-order valence-electron chi connectivity index (χ2n) is 9.55. The van der Waals surface area contributed by atoms with Gasteiger partial charge in [-0.25, -0.2) is 36.5 Å². The fourth-order valence-corrected chi connectivity index (χ4v) is 6.04. The SMILES string of the molecule is Cc1cc(-c2ccc(CS(=O)(=O)Cc3ccc(F)cc3)c(F)c2)nc2cnc(N[C@@H]3CNC[C@@H](F)C3)nc12. The van der Waals surface area contributed by atoms with Crippen LogP contribution in [0.5, 0.6) is 0 Å². The molecule has 2 aromatic heterocycles. The first-order chi connectivity index (χ1) is 18.1. The molecule has 38 heavy (non-hydrogen) atoms. The lowest BCUT2D eigenvalue weighted by molar-refractivity contribution is 0.254. The van der Waals surface area contributed by atoms with E-state index in [0.29, 0.717) is 53.3 Å². The van der Waals surface area contributed by atoms with Crippen LogP contribution >= 0.6 is 0 Å². The highest BCUT2D eigenvalue weighted by molar-refractivity contribution is 7.89. The standard InChI is InChI=1S/C27H26F3N5O2S/c1-16-8-24(34-25-13-32-27(35-26(16)25)33-22-10-21(29)11-31-12-22)18-4-5-19(23(30)9-18)15-38(36,37)14-17-2-6-20(28)7-3-17/h2-9,13,21-22,31H,10-12,14-15H2,1H3,(H,32,33,35)/t21-,22-/m0/s1. The average molecular weight is 542 g/mol. The monoisotopic (exact) mass is 541 g/mol. The first-order valence-electron chi connectivity index (χ1n) is 12.1. The largest absolute Gasteiger partial charge is 0.350 e. The number of piperidine rings is 1. The van der Waals surface area contributed by atoms with Gasteiger partial charge in [0.1, 0.15) is 23.3 Å². The van der Waals surface area contributed by atoms with Crippen molar-refractivity contribution in [1.29, 1.82) is 0 Å². The zero-order valence-electron chi connectivity index (χ0n) is 20.6. The van der Waals surface area contributed by atoms with Crippen LogP contribution in [0.3, 0.4) is 0 Å². The van der Waals surface area contributed by atoms with Crippen LogP contribution in [0.25, 0.3) is 22.3 Å². The summed E-state index contributed by atoms with van der Waals surface area (Å²) in [7, 11) is -3.68. The average Bonchev–Trinajstić information content (AvgIpc) is 2.87. The van der Waals surface area contributed by atoms with Gasteiger partial charge in [0.15, 0.2) is 9.84 Å². The van der Waals surface area contributed by atoms with E-state index < -0.39 is 33.4 Å². The Labute approximate surface area is 218 Å². The third-order valence-electron chi connectivity index (χ3n) is 6.39. The lowest BCUT2D eigenvalue weighted by atomic mass is 10.1. The van der Waals surface area contributed by atoms with Gasteiger partial charge >= 0.3 is 0 Å². The highest BCUT2D eigenvalue weighted by Gasteiger charge is 2.22. The minimum atomic E-state index is -3.68. The Hall–Kier alpha value is -3.57. The molecule has 198 valence electrons. The Morgan fingerprint density at radius 1 is 1.03 bits per heavy atom. The second-order valence-corrected chi connectivity index (χ2v) is 11.6. The van der Waals surface area contributed by atoms with E-state index in [-0.39, 0.29) is 17.4 Å². The van der Waals surface area contributed by atoms with Crippen molar-refractivity contribution >= 4 is 26.8 Å². The fourth-order valence-electron chi connectivity index (χ4n) is 4.53. The van der Waals surface area contributed by atoms with E-state index in [2.05, 4.69) is 25.6 Å². The van der Waals surface area contributed by atoms with E-state index in [4.69, 9.17) is 0 Å². The van der Waals surface area contributed by atoms with Crippen molar-refractivity contribution in [3.05, 3.63) is 83.1 Å². The van der Waals surface area contributed by atoms with Gasteiger partial charge in [-0.3, -0.25) is 0 Å². The number of benzene rings is 2. The molecule has 0 aliphatic carbocycles. The maximum atomic E-state index is 15.0. The van der Waals surface area contributed by atoms with Crippen LogP contribution in [0.2, 0.25) is 0 Å². The van der Waals surface area contributed by atoms with Gasteiger partial charge < -0.3 is 10.6 Å². The number of hydrogen-bond donors (Lipinski definition) is 2. The van der Waals surface area contributed by atoms with Crippen LogP contribution < -0.4 is 10.6 Å². The predicted octanol–water partition coefficient (Wildman–Crippen LogP) is 4.51. The number of alkyl halides is 1. The van der Waals surface area contributed by atoms with Crippen LogP contribution in [0, 0.1) is 18.6 Å². The van der Waals surface area contributed by atoms with Gasteiger partial charge in [0.25, 0.3) is 0 Å². The van der Waals surface area contributed by atoms with Crippen molar-refractivity contribution in [2.75, 3.05) is 18.4 Å². The molecule has 5 rings (SSSR count). The molecule has 0 saturated carbocycles. The molecule has 0 spiro atoms. The highest BCUT2D eigenvalue weighted by Crippen LogP contribution is 2.26. The summed E-state index contributed by atoms with van der Waals surface area (Å²) in [6.45, 7) is 2.82. The van der Waals surface area contributed by atoms with Crippen molar-refractivity contribution in [2.45, 2.75) is 37.1 Å². The van der Waals surface area contributed by atoms with E-state index in [1.807, 2.05) is 6.92 Å². The second kappa shape index (κ2) is 10.7. The van der Waals surface area contributed by atoms with Crippen LogP contribution in [0.4, 0.5) is 19.1 Å². The third-order valence-corrected chi connectivity index (χ3v) is 7.92. The van der Waals surface area contributed by atoms with Gasteiger partial charge in [-0.2, -0.15) is 0 Å². The quantitative estimate of drug-likeness (QED) is 0.356. The molecule has 1 aliphatic heterocycles. The summed E-state index contributed by atoms with van der Waals surface area (Å²) >= 11 is 0. The molecule has 0 radical (unpaired) electrons. The minimum absolute atomic E-state index is 0.0418. The molecule has 4 aromatic rings. The van der Waals surface area contributed by atoms with E-state index in [1.165, 1.54) is 36.4 Å². The lowest BCUT2D eigenvalue weighted by Gasteiger charge is -2.26. The number of anilines is 1. The van der Waals surface area contributed by atoms with E-state index in [0.717, 1.165) is 5.56 Å². The van der Waals surface area contributed by atoms with E-state index in [9.17, 15) is 21.6 Å². The maximum Gasteiger partial charge on any atom is 0.223 e. The zero-order chi connectivity index (χ0) is 26.9. The number of sulfone groups is 1. The fraction of sp³-hybridized carbons (Fsp3) is 0.296. The molecule has 3 heterocycles. The number of aryl methyl sites for hydroxylation is 1. The summed E-state index contributed by atoms with van der Waals surface area (Å²) in [6.07, 6.45) is 1.02. The number of halogens is 3. The zero-order valence-corrected chi connectivity index (χ0v) is 21.4. The van der Waals surface area contributed by atoms with Crippen LogP contribution in [0.15, 0.2) is 54.7 Å². The highest BCUT2D eigenvalue weighted by atomic mass is 32.2. The van der Waals surface area contributed by atoms with E-state index >= 15 is 0 Å². The minimum Gasteiger partial charge on any atom is -0.350 e. The van der Waals surface area contributed by atoms with Crippen LogP contribution in [-0.2, 0) is 21.3 Å². The first kappa shape index (κ1) is 26.1. The van der Waals surface area contributed by atoms with Gasteiger partial charge in [-0.15, -0.1) is 0 Å². The summed E-state index contributed by atoms with van der Waals surface area (Å²) in [5.41, 5.74) is 3.39. The Morgan fingerprint density at radius 2 is 1.82 bits per heavy atom. The summed E-state index contributed by atoms with van der Waals surface area (Å²) in [5.74, 6) is -1.53. The van der Waals surface area contributed by atoms with Gasteiger partial charge in [-0.05, 0) is 42.3 Å². The van der Waals surface area contributed by atoms with Crippen molar-refractivity contribution < 1.29 is 21.6 Å². The summed E-state index contributed by atoms with van der Waals surface area (Å²) in [4.78, 5) is 13.4. The van der Waals surface area contributed by atoms with Gasteiger partial charge in [0.2, 0.25) is 5.95 Å². The summed E-state index contributed by atoms with van der Waals surface area (Å²) in [6, 6.07) is 11.2. The number of rotatable bonds is 7. The molecule has 1 fully saturated rings. The topological polar surface area (TPSA) is 96.9 Å². The third kappa shape index (κ3) is 6.11. The number of fused-ring (bicyclic) bond motifs is 1. The van der Waals surface area contributed by atoms with Crippen LogP contribution in [-0.4, -0.2) is 48.7 Å². The molecule has 2 N–H and O–H groups in total. The Bertz CT molecular complexity index is 1580. The molecular formula is C27H26F3N5O2S. The number of pyridine rings is 1.